The van der Waals surface area contributed by atoms with Crippen molar-refractivity contribution in [2.75, 3.05) is 6.54 Å². The molecule has 0 bridgehead atoms. The zero-order valence-electron chi connectivity index (χ0n) is 30.4. The Bertz CT molecular complexity index is 1520. The summed E-state index contributed by atoms with van der Waals surface area (Å²) in [6, 6.07) is 20.1. The molecule has 0 saturated carbocycles. The standard InChI is InChI=1S/C40H56N4O6/c1-7-28(6)24-41-37(46)23-36(45)33(20-26(2)3)42-38(47)34(21-27(4)5)43-39(48)35(44-40(49)50-25-29-14-9-8-10-15-29)22-31-18-13-17-30-16-11-12-19-32(30)31/h8-19,26-28,33-36,45H,7,20-25H2,1-6H3,(H,41,46)(H,42,47)(H,43,48)(H,44,49)/t28-,33?,34-,35-,36?/m0/s1. The Labute approximate surface area is 297 Å². The van der Waals surface area contributed by atoms with Gasteiger partial charge >= 0.3 is 6.09 Å². The van der Waals surface area contributed by atoms with Crippen molar-refractivity contribution in [1.82, 2.24) is 21.3 Å². The monoisotopic (exact) mass is 688 g/mol. The first-order valence-electron chi connectivity index (χ1n) is 17.9. The van der Waals surface area contributed by atoms with E-state index in [2.05, 4.69) is 21.3 Å². The average molecular weight is 689 g/mol. The van der Waals surface area contributed by atoms with E-state index in [-0.39, 0.29) is 37.2 Å². The van der Waals surface area contributed by atoms with Crippen molar-refractivity contribution in [3.63, 3.8) is 0 Å². The molecule has 0 aliphatic rings. The lowest BCUT2D eigenvalue weighted by atomic mass is 9.95. The van der Waals surface area contributed by atoms with Crippen LogP contribution in [0.25, 0.3) is 10.8 Å². The third-order valence-corrected chi connectivity index (χ3v) is 8.72. The highest BCUT2D eigenvalue weighted by Gasteiger charge is 2.32. The number of alkyl carbamates (subject to hydrolysis) is 1. The van der Waals surface area contributed by atoms with E-state index < -0.39 is 42.1 Å². The Hall–Kier alpha value is -4.44. The van der Waals surface area contributed by atoms with Gasteiger partial charge < -0.3 is 31.1 Å². The maximum absolute atomic E-state index is 14.0. The first kappa shape index (κ1) is 40.0. The highest BCUT2D eigenvalue weighted by atomic mass is 16.5. The molecule has 5 N–H and O–H groups in total. The number of fused-ring (bicyclic) bond motifs is 1. The van der Waals surface area contributed by atoms with Gasteiger partial charge in [-0.05, 0) is 52.5 Å². The smallest absolute Gasteiger partial charge is 0.408 e. The molecule has 3 aromatic rings. The molecule has 272 valence electrons. The maximum Gasteiger partial charge on any atom is 0.408 e. The van der Waals surface area contributed by atoms with Gasteiger partial charge in [0.1, 0.15) is 18.7 Å². The lowest BCUT2D eigenvalue weighted by Gasteiger charge is -2.29. The number of carbonyl (C=O) groups excluding carboxylic acids is 4. The predicted octanol–water partition coefficient (Wildman–Crippen LogP) is 5.65. The minimum absolute atomic E-state index is 0.0306. The van der Waals surface area contributed by atoms with E-state index in [9.17, 15) is 24.3 Å². The van der Waals surface area contributed by atoms with Crippen molar-refractivity contribution in [2.45, 2.75) is 104 Å². The van der Waals surface area contributed by atoms with E-state index >= 15 is 0 Å². The van der Waals surface area contributed by atoms with Gasteiger partial charge in [-0.25, -0.2) is 4.79 Å². The molecule has 50 heavy (non-hydrogen) atoms. The number of benzene rings is 3. The van der Waals surface area contributed by atoms with Gasteiger partial charge in [-0.3, -0.25) is 14.4 Å². The summed E-state index contributed by atoms with van der Waals surface area (Å²) in [6.45, 7) is 12.5. The summed E-state index contributed by atoms with van der Waals surface area (Å²) in [5.41, 5.74) is 1.65. The van der Waals surface area contributed by atoms with Crippen LogP contribution in [-0.4, -0.2) is 59.7 Å². The van der Waals surface area contributed by atoms with Crippen molar-refractivity contribution >= 4 is 34.6 Å². The SMILES string of the molecule is CC[C@H](C)CNC(=O)CC(O)C(CC(C)C)NC(=O)[C@H](CC(C)C)NC(=O)[C@H](Cc1cccc2ccccc12)NC(=O)OCc1ccccc1. The fourth-order valence-electron chi connectivity index (χ4n) is 5.72. The minimum Gasteiger partial charge on any atom is -0.445 e. The molecule has 5 atom stereocenters. The van der Waals surface area contributed by atoms with E-state index in [0.717, 1.165) is 28.3 Å². The molecule has 0 saturated heterocycles. The van der Waals surface area contributed by atoms with Gasteiger partial charge in [0, 0.05) is 13.0 Å². The third-order valence-electron chi connectivity index (χ3n) is 8.72. The van der Waals surface area contributed by atoms with E-state index in [1.54, 1.807) is 0 Å². The zero-order valence-corrected chi connectivity index (χ0v) is 30.4. The molecule has 3 rings (SSSR count). The van der Waals surface area contributed by atoms with Crippen LogP contribution in [0.3, 0.4) is 0 Å². The second kappa shape index (κ2) is 20.3. The summed E-state index contributed by atoms with van der Waals surface area (Å²) in [4.78, 5) is 53.5. The number of aliphatic hydroxyl groups excluding tert-OH is 1. The quantitative estimate of drug-likeness (QED) is 0.110. The second-order valence-corrected chi connectivity index (χ2v) is 14.1. The minimum atomic E-state index is -1.12. The van der Waals surface area contributed by atoms with Crippen LogP contribution in [0.4, 0.5) is 4.79 Å². The lowest BCUT2D eigenvalue weighted by Crippen LogP contribution is -2.57. The summed E-state index contributed by atoms with van der Waals surface area (Å²) >= 11 is 0. The number of nitrogens with one attached hydrogen (secondary N) is 4. The van der Waals surface area contributed by atoms with Crippen LogP contribution in [0.5, 0.6) is 0 Å². The normalized spacial score (nSPS) is 14.3. The number of hydrogen-bond acceptors (Lipinski definition) is 6. The molecule has 0 aliphatic heterocycles. The summed E-state index contributed by atoms with van der Waals surface area (Å²) in [7, 11) is 0. The van der Waals surface area contributed by atoms with Crippen LogP contribution in [0.1, 0.15) is 78.4 Å². The van der Waals surface area contributed by atoms with Crippen molar-refractivity contribution in [1.29, 1.82) is 0 Å². The van der Waals surface area contributed by atoms with Gasteiger partial charge in [0.2, 0.25) is 17.7 Å². The number of aliphatic hydroxyl groups is 1. The highest BCUT2D eigenvalue weighted by Crippen LogP contribution is 2.20. The topological polar surface area (TPSA) is 146 Å². The third kappa shape index (κ3) is 13.5. The molecule has 4 amide bonds. The Kier molecular flexibility index (Phi) is 16.2. The summed E-state index contributed by atoms with van der Waals surface area (Å²) in [5, 5.41) is 24.5. The Balaban J connectivity index is 1.80. The van der Waals surface area contributed by atoms with Crippen LogP contribution < -0.4 is 21.3 Å². The molecule has 0 aromatic heterocycles. The Morgan fingerprint density at radius 3 is 2.06 bits per heavy atom. The van der Waals surface area contributed by atoms with Crippen molar-refractivity contribution < 1.29 is 29.0 Å². The van der Waals surface area contributed by atoms with Crippen LogP contribution in [0.2, 0.25) is 0 Å². The molecule has 10 nitrogen and oxygen atoms in total. The first-order chi connectivity index (χ1) is 23.9. The van der Waals surface area contributed by atoms with Crippen molar-refractivity contribution in [3.8, 4) is 0 Å². The van der Waals surface area contributed by atoms with E-state index in [0.29, 0.717) is 25.3 Å². The van der Waals surface area contributed by atoms with Crippen LogP contribution in [0, 0.1) is 17.8 Å². The van der Waals surface area contributed by atoms with E-state index in [1.165, 1.54) is 0 Å². The molecule has 0 spiro atoms. The second-order valence-electron chi connectivity index (χ2n) is 14.1. The number of hydrogen-bond donors (Lipinski definition) is 5. The molecule has 0 fully saturated rings. The van der Waals surface area contributed by atoms with Crippen LogP contribution >= 0.6 is 0 Å². The molecule has 0 radical (unpaired) electrons. The van der Waals surface area contributed by atoms with Gasteiger partial charge in [-0.2, -0.15) is 0 Å². The van der Waals surface area contributed by atoms with Gasteiger partial charge in [0.15, 0.2) is 0 Å². The van der Waals surface area contributed by atoms with Gasteiger partial charge in [0.05, 0.1) is 18.6 Å². The maximum atomic E-state index is 14.0. The zero-order chi connectivity index (χ0) is 36.6. The molecular formula is C40H56N4O6. The number of ether oxygens (including phenoxy) is 1. The number of amides is 4. The molecule has 0 heterocycles. The molecule has 3 aromatic carbocycles. The molecule has 10 heteroatoms. The summed E-state index contributed by atoms with van der Waals surface area (Å²) in [6.07, 6.45) is -0.199. The van der Waals surface area contributed by atoms with Gasteiger partial charge in [0.25, 0.3) is 0 Å². The highest BCUT2D eigenvalue weighted by molar-refractivity contribution is 5.92. The number of rotatable bonds is 19. The van der Waals surface area contributed by atoms with E-state index in [1.807, 2.05) is 114 Å². The fraction of sp³-hybridized carbons (Fsp3) is 0.500. The molecular weight excluding hydrogens is 632 g/mol. The predicted molar refractivity (Wildman–Crippen MR) is 197 cm³/mol. The number of carbonyl (C=O) groups is 4. The van der Waals surface area contributed by atoms with Crippen molar-refractivity contribution in [3.05, 3.63) is 83.9 Å². The average Bonchev–Trinajstić information content (AvgIpc) is 3.08. The van der Waals surface area contributed by atoms with Gasteiger partial charge in [-0.15, -0.1) is 0 Å². The molecule has 2 unspecified atom stereocenters. The molecule has 0 aliphatic carbocycles. The fourth-order valence-corrected chi connectivity index (χ4v) is 5.72. The Morgan fingerprint density at radius 1 is 0.740 bits per heavy atom. The van der Waals surface area contributed by atoms with Crippen molar-refractivity contribution in [2.24, 2.45) is 17.8 Å². The van der Waals surface area contributed by atoms with Crippen LogP contribution in [0.15, 0.2) is 72.8 Å². The largest absolute Gasteiger partial charge is 0.445 e. The Morgan fingerprint density at radius 2 is 1.38 bits per heavy atom. The summed E-state index contributed by atoms with van der Waals surface area (Å²) < 4.78 is 5.47. The van der Waals surface area contributed by atoms with E-state index in [4.69, 9.17) is 4.74 Å². The van der Waals surface area contributed by atoms with Crippen LogP contribution in [-0.2, 0) is 32.1 Å². The lowest BCUT2D eigenvalue weighted by molar-refractivity contribution is -0.131. The summed E-state index contributed by atoms with van der Waals surface area (Å²) in [5.74, 6) is -0.826. The first-order valence-corrected chi connectivity index (χ1v) is 17.9. The van der Waals surface area contributed by atoms with Gasteiger partial charge in [-0.1, -0.05) is 121 Å².